The SMILES string of the molecule is CC1(C)NC(=O)N(C[C@H](O)COc2cc3ccccc3cc2C(=O)N2CCCCC2)C1=O. The number of imide groups is 1. The number of hydrogen-bond donors (Lipinski definition) is 2. The van der Waals surface area contributed by atoms with Gasteiger partial charge in [0.1, 0.15) is 24.0 Å². The Labute approximate surface area is 187 Å². The molecule has 2 aliphatic rings. The van der Waals surface area contributed by atoms with Gasteiger partial charge in [0.25, 0.3) is 11.8 Å². The van der Waals surface area contributed by atoms with Crippen molar-refractivity contribution in [2.24, 2.45) is 0 Å². The second kappa shape index (κ2) is 8.78. The van der Waals surface area contributed by atoms with Crippen molar-refractivity contribution < 1.29 is 24.2 Å². The number of rotatable bonds is 6. The number of benzene rings is 2. The van der Waals surface area contributed by atoms with Crippen molar-refractivity contribution in [1.82, 2.24) is 15.1 Å². The fraction of sp³-hybridized carbons (Fsp3) is 0.458. The lowest BCUT2D eigenvalue weighted by Gasteiger charge is -2.28. The van der Waals surface area contributed by atoms with Crippen LogP contribution >= 0.6 is 0 Å². The maximum absolute atomic E-state index is 13.2. The van der Waals surface area contributed by atoms with E-state index < -0.39 is 23.6 Å². The molecule has 4 rings (SSSR count). The standard InChI is InChI=1S/C24H29N3O5/c1-24(2)22(30)27(23(31)25-24)14-18(28)15-32-20-13-17-9-5-4-8-16(17)12-19(20)21(29)26-10-6-3-7-11-26/h4-5,8-9,12-13,18,28H,3,6-7,10-11,14-15H2,1-2H3,(H,25,31)/t18-/m0/s1. The lowest BCUT2D eigenvalue weighted by Crippen LogP contribution is -2.42. The van der Waals surface area contributed by atoms with Gasteiger partial charge in [0.15, 0.2) is 0 Å². The van der Waals surface area contributed by atoms with Gasteiger partial charge in [-0.2, -0.15) is 0 Å². The number of β-amino-alcohol motifs (C(OH)–C–C–N with tert-alkyl or cyclic N) is 1. The van der Waals surface area contributed by atoms with E-state index >= 15 is 0 Å². The molecule has 0 radical (unpaired) electrons. The minimum atomic E-state index is -1.09. The van der Waals surface area contributed by atoms with Gasteiger partial charge in [-0.05, 0) is 56.0 Å². The van der Waals surface area contributed by atoms with E-state index in [1.807, 2.05) is 35.2 Å². The number of carbonyl (C=O) groups excluding carboxylic acids is 3. The van der Waals surface area contributed by atoms with Crippen LogP contribution in [0.2, 0.25) is 0 Å². The Morgan fingerprint density at radius 1 is 1.12 bits per heavy atom. The predicted molar refractivity (Wildman–Crippen MR) is 120 cm³/mol. The van der Waals surface area contributed by atoms with Crippen LogP contribution in [-0.2, 0) is 4.79 Å². The molecule has 2 aromatic carbocycles. The van der Waals surface area contributed by atoms with Crippen LogP contribution < -0.4 is 10.1 Å². The molecule has 0 saturated carbocycles. The van der Waals surface area contributed by atoms with Crippen LogP contribution in [0.15, 0.2) is 36.4 Å². The Bertz CT molecular complexity index is 1050. The molecule has 0 unspecified atom stereocenters. The van der Waals surface area contributed by atoms with Gasteiger partial charge in [-0.1, -0.05) is 24.3 Å². The molecule has 32 heavy (non-hydrogen) atoms. The fourth-order valence-electron chi connectivity index (χ4n) is 4.21. The van der Waals surface area contributed by atoms with E-state index in [-0.39, 0.29) is 19.1 Å². The topological polar surface area (TPSA) is 99.2 Å². The number of aliphatic hydroxyl groups is 1. The molecule has 0 spiro atoms. The van der Waals surface area contributed by atoms with Crippen LogP contribution in [0.5, 0.6) is 5.75 Å². The number of aliphatic hydroxyl groups excluding tert-OH is 1. The Hall–Kier alpha value is -3.13. The van der Waals surface area contributed by atoms with Crippen LogP contribution in [0.4, 0.5) is 4.79 Å². The molecule has 2 heterocycles. The average Bonchev–Trinajstić information content (AvgIpc) is 2.98. The molecule has 8 nitrogen and oxygen atoms in total. The molecule has 2 fully saturated rings. The van der Waals surface area contributed by atoms with Gasteiger partial charge in [-0.25, -0.2) is 4.79 Å². The summed E-state index contributed by atoms with van der Waals surface area (Å²) < 4.78 is 5.88. The van der Waals surface area contributed by atoms with E-state index in [1.165, 1.54) is 0 Å². The zero-order valence-corrected chi connectivity index (χ0v) is 18.5. The molecule has 2 N–H and O–H groups in total. The van der Waals surface area contributed by atoms with Gasteiger partial charge in [0.05, 0.1) is 12.1 Å². The molecule has 170 valence electrons. The summed E-state index contributed by atoms with van der Waals surface area (Å²) in [7, 11) is 0. The van der Waals surface area contributed by atoms with Crippen LogP contribution in [0.3, 0.4) is 0 Å². The first-order valence-corrected chi connectivity index (χ1v) is 11.0. The third kappa shape index (κ3) is 4.41. The maximum Gasteiger partial charge on any atom is 0.325 e. The normalized spacial score (nSPS) is 19.2. The number of hydrogen-bond acceptors (Lipinski definition) is 5. The zero-order valence-electron chi connectivity index (χ0n) is 18.5. The van der Waals surface area contributed by atoms with Crippen molar-refractivity contribution in [3.63, 3.8) is 0 Å². The molecule has 0 bridgehead atoms. The van der Waals surface area contributed by atoms with E-state index in [1.54, 1.807) is 19.9 Å². The molecule has 2 aliphatic heterocycles. The minimum absolute atomic E-state index is 0.0872. The van der Waals surface area contributed by atoms with Crippen LogP contribution in [0.1, 0.15) is 43.5 Å². The summed E-state index contributed by atoms with van der Waals surface area (Å²) in [4.78, 5) is 40.5. The quantitative estimate of drug-likeness (QED) is 0.674. The number of amides is 4. The second-order valence-corrected chi connectivity index (χ2v) is 8.98. The highest BCUT2D eigenvalue weighted by molar-refractivity contribution is 6.06. The molecular formula is C24H29N3O5. The van der Waals surface area contributed by atoms with E-state index in [2.05, 4.69) is 5.32 Å². The van der Waals surface area contributed by atoms with Gasteiger partial charge in [-0.15, -0.1) is 0 Å². The van der Waals surface area contributed by atoms with Gasteiger partial charge >= 0.3 is 6.03 Å². The van der Waals surface area contributed by atoms with Gasteiger partial charge in [0.2, 0.25) is 0 Å². The Kier molecular flexibility index (Phi) is 6.06. The first-order chi connectivity index (χ1) is 15.3. The number of urea groups is 1. The van der Waals surface area contributed by atoms with Gasteiger partial charge < -0.3 is 20.1 Å². The molecule has 8 heteroatoms. The largest absolute Gasteiger partial charge is 0.490 e. The van der Waals surface area contributed by atoms with Crippen molar-refractivity contribution in [3.8, 4) is 5.75 Å². The average molecular weight is 440 g/mol. The second-order valence-electron chi connectivity index (χ2n) is 8.98. The minimum Gasteiger partial charge on any atom is -0.490 e. The predicted octanol–water partition coefficient (Wildman–Crippen LogP) is 2.54. The van der Waals surface area contributed by atoms with E-state index in [9.17, 15) is 19.5 Å². The van der Waals surface area contributed by atoms with Crippen molar-refractivity contribution in [2.75, 3.05) is 26.2 Å². The monoisotopic (exact) mass is 439 g/mol. The molecule has 1 atom stereocenters. The van der Waals surface area contributed by atoms with Gasteiger partial charge in [0, 0.05) is 13.1 Å². The lowest BCUT2D eigenvalue weighted by molar-refractivity contribution is -0.131. The molecule has 4 amide bonds. The summed E-state index contributed by atoms with van der Waals surface area (Å²) in [5.41, 5.74) is -0.543. The first kappa shape index (κ1) is 22.1. The molecule has 0 aliphatic carbocycles. The van der Waals surface area contributed by atoms with Gasteiger partial charge in [-0.3, -0.25) is 14.5 Å². The number of nitrogens with zero attached hydrogens (tertiary/aromatic N) is 2. The summed E-state index contributed by atoms with van der Waals surface area (Å²) in [6, 6.07) is 10.8. The maximum atomic E-state index is 13.2. The highest BCUT2D eigenvalue weighted by Gasteiger charge is 2.44. The summed E-state index contributed by atoms with van der Waals surface area (Å²) in [6.07, 6.45) is 1.99. The Morgan fingerprint density at radius 3 is 2.41 bits per heavy atom. The van der Waals surface area contributed by atoms with Crippen molar-refractivity contribution >= 4 is 28.6 Å². The van der Waals surface area contributed by atoms with Crippen LogP contribution in [0.25, 0.3) is 10.8 Å². The molecule has 0 aromatic heterocycles. The molecular weight excluding hydrogens is 410 g/mol. The van der Waals surface area contributed by atoms with Crippen molar-refractivity contribution in [3.05, 3.63) is 42.0 Å². The molecule has 2 saturated heterocycles. The summed E-state index contributed by atoms with van der Waals surface area (Å²) in [5.74, 6) is -0.0973. The van der Waals surface area contributed by atoms with E-state index in [0.29, 0.717) is 11.3 Å². The summed E-state index contributed by atoms with van der Waals surface area (Å²) in [6.45, 7) is 4.33. The number of piperidine rings is 1. The zero-order chi connectivity index (χ0) is 22.9. The first-order valence-electron chi connectivity index (χ1n) is 11.0. The summed E-state index contributed by atoms with van der Waals surface area (Å²) in [5, 5.41) is 14.9. The Morgan fingerprint density at radius 2 is 1.78 bits per heavy atom. The summed E-state index contributed by atoms with van der Waals surface area (Å²) >= 11 is 0. The van der Waals surface area contributed by atoms with Crippen LogP contribution in [-0.4, -0.2) is 70.6 Å². The third-order valence-corrected chi connectivity index (χ3v) is 5.99. The van der Waals surface area contributed by atoms with Crippen molar-refractivity contribution in [2.45, 2.75) is 44.8 Å². The molecule has 2 aromatic rings. The van der Waals surface area contributed by atoms with Crippen LogP contribution in [0, 0.1) is 0 Å². The smallest absolute Gasteiger partial charge is 0.325 e. The highest BCUT2D eigenvalue weighted by Crippen LogP contribution is 2.28. The van der Waals surface area contributed by atoms with E-state index in [0.717, 1.165) is 48.0 Å². The number of ether oxygens (including phenoxy) is 1. The Balaban J connectivity index is 1.52. The number of likely N-dealkylation sites (tertiary alicyclic amines) is 1. The third-order valence-electron chi connectivity index (χ3n) is 5.99. The highest BCUT2D eigenvalue weighted by atomic mass is 16.5. The number of fused-ring (bicyclic) bond motifs is 1. The number of carbonyl (C=O) groups is 3. The number of nitrogens with one attached hydrogen (secondary N) is 1. The van der Waals surface area contributed by atoms with E-state index in [4.69, 9.17) is 4.74 Å². The fourth-order valence-corrected chi connectivity index (χ4v) is 4.21. The van der Waals surface area contributed by atoms with Crippen molar-refractivity contribution in [1.29, 1.82) is 0 Å². The lowest BCUT2D eigenvalue weighted by atomic mass is 10.0.